The van der Waals surface area contributed by atoms with E-state index in [2.05, 4.69) is 10.6 Å². The summed E-state index contributed by atoms with van der Waals surface area (Å²) < 4.78 is 12.9. The lowest BCUT2D eigenvalue weighted by Gasteiger charge is -2.38. The number of amides is 2. The van der Waals surface area contributed by atoms with Crippen LogP contribution in [0.1, 0.15) is 52.7 Å². The van der Waals surface area contributed by atoms with E-state index in [-0.39, 0.29) is 30.6 Å². The van der Waals surface area contributed by atoms with Crippen molar-refractivity contribution in [2.24, 2.45) is 0 Å². The van der Waals surface area contributed by atoms with E-state index in [9.17, 15) is 20.1 Å². The SMILES string of the molecule is CN(C[C@@H]1C[C@H](c2ccc(CO)cc2)O[C@H](c2cccc(NC(=O)NCc3ccccc3)c2)O1)C[C@@H](O)c1cccc(O)c1. The standard InChI is InChI=1S/C35H39N3O6/c1-38(22-32(41)27-9-6-12-30(40)18-27)21-31-19-33(26-15-13-25(23-39)14-16-26)44-34(43-31)28-10-5-11-29(17-28)37-35(42)36-20-24-7-3-2-4-8-24/h2-18,31-34,39-41H,19-23H2,1H3,(H2,36,37,42)/t31-,32+,33+,34+/m0/s1. The lowest BCUT2D eigenvalue weighted by molar-refractivity contribution is -0.252. The fraction of sp³-hybridized carbons (Fsp3) is 0.286. The summed E-state index contributed by atoms with van der Waals surface area (Å²) >= 11 is 0. The molecule has 1 aliphatic heterocycles. The van der Waals surface area contributed by atoms with E-state index in [4.69, 9.17) is 9.47 Å². The van der Waals surface area contributed by atoms with Gasteiger partial charge >= 0.3 is 6.03 Å². The summed E-state index contributed by atoms with van der Waals surface area (Å²) in [7, 11) is 1.92. The van der Waals surface area contributed by atoms with Crippen LogP contribution < -0.4 is 10.6 Å². The third-order valence-corrected chi connectivity index (χ3v) is 7.58. The number of carbonyl (C=O) groups is 1. The fourth-order valence-electron chi connectivity index (χ4n) is 5.30. The number of urea groups is 1. The van der Waals surface area contributed by atoms with Crippen LogP contribution in [0, 0.1) is 0 Å². The maximum absolute atomic E-state index is 12.6. The molecule has 2 amide bonds. The molecule has 5 N–H and O–H groups in total. The van der Waals surface area contributed by atoms with Crippen LogP contribution in [0.4, 0.5) is 10.5 Å². The predicted octanol–water partition coefficient (Wildman–Crippen LogP) is 5.42. The molecule has 1 aliphatic rings. The number of nitrogens with one attached hydrogen (secondary N) is 2. The molecular weight excluding hydrogens is 558 g/mol. The molecule has 44 heavy (non-hydrogen) atoms. The molecule has 0 saturated carbocycles. The Labute approximate surface area is 257 Å². The van der Waals surface area contributed by atoms with E-state index < -0.39 is 12.4 Å². The smallest absolute Gasteiger partial charge is 0.319 e. The molecule has 0 aromatic heterocycles. The summed E-state index contributed by atoms with van der Waals surface area (Å²) in [5, 5.41) is 35.8. The van der Waals surface area contributed by atoms with Crippen LogP contribution in [0.3, 0.4) is 0 Å². The molecule has 9 nitrogen and oxygen atoms in total. The third kappa shape index (κ3) is 8.66. The number of ether oxygens (including phenoxy) is 2. The average Bonchev–Trinajstić information content (AvgIpc) is 3.04. The normalized spacial score (nSPS) is 19.0. The van der Waals surface area contributed by atoms with Crippen molar-refractivity contribution in [3.8, 4) is 5.75 Å². The monoisotopic (exact) mass is 597 g/mol. The van der Waals surface area contributed by atoms with E-state index in [1.807, 2.05) is 90.8 Å². The minimum atomic E-state index is -0.777. The number of likely N-dealkylation sites (N-methyl/N-ethyl adjacent to an activating group) is 1. The number of aliphatic hydroxyl groups is 2. The number of hydrogen-bond donors (Lipinski definition) is 5. The van der Waals surface area contributed by atoms with E-state index in [0.717, 1.165) is 22.3 Å². The Bertz CT molecular complexity index is 1500. The summed E-state index contributed by atoms with van der Waals surface area (Å²) in [6, 6.07) is 31.1. The molecule has 230 valence electrons. The minimum absolute atomic E-state index is 0.0365. The Hall–Kier alpha value is -4.25. The lowest BCUT2D eigenvalue weighted by Crippen LogP contribution is -2.39. The van der Waals surface area contributed by atoms with Gasteiger partial charge in [-0.3, -0.25) is 0 Å². The van der Waals surface area contributed by atoms with Gasteiger partial charge in [-0.15, -0.1) is 0 Å². The molecule has 4 aromatic rings. The number of anilines is 1. The number of benzene rings is 4. The first-order chi connectivity index (χ1) is 21.4. The van der Waals surface area contributed by atoms with E-state index in [1.54, 1.807) is 24.3 Å². The van der Waals surface area contributed by atoms with Gasteiger partial charge in [-0.25, -0.2) is 4.79 Å². The quantitative estimate of drug-likeness (QED) is 0.157. The van der Waals surface area contributed by atoms with Gasteiger partial charge < -0.3 is 40.3 Å². The molecule has 0 unspecified atom stereocenters. The van der Waals surface area contributed by atoms with Crippen LogP contribution in [0.2, 0.25) is 0 Å². The van der Waals surface area contributed by atoms with Crippen LogP contribution in [-0.4, -0.2) is 52.5 Å². The number of rotatable bonds is 11. The van der Waals surface area contributed by atoms with E-state index >= 15 is 0 Å². The van der Waals surface area contributed by atoms with Crippen molar-refractivity contribution in [3.63, 3.8) is 0 Å². The van der Waals surface area contributed by atoms with Crippen molar-refractivity contribution in [1.82, 2.24) is 10.2 Å². The second-order valence-corrected chi connectivity index (χ2v) is 11.1. The minimum Gasteiger partial charge on any atom is -0.508 e. The first-order valence-electron chi connectivity index (χ1n) is 14.7. The van der Waals surface area contributed by atoms with Crippen molar-refractivity contribution in [2.75, 3.05) is 25.5 Å². The maximum Gasteiger partial charge on any atom is 0.319 e. The number of aromatic hydroxyl groups is 1. The summed E-state index contributed by atoms with van der Waals surface area (Å²) in [5.41, 5.74) is 4.80. The van der Waals surface area contributed by atoms with Gasteiger partial charge in [0.1, 0.15) is 5.75 Å². The predicted molar refractivity (Wildman–Crippen MR) is 168 cm³/mol. The number of hydrogen-bond acceptors (Lipinski definition) is 7. The molecule has 0 aliphatic carbocycles. The van der Waals surface area contributed by atoms with Crippen molar-refractivity contribution in [1.29, 1.82) is 0 Å². The van der Waals surface area contributed by atoms with Crippen molar-refractivity contribution in [3.05, 3.63) is 131 Å². The summed E-state index contributed by atoms with van der Waals surface area (Å²) in [4.78, 5) is 14.6. The molecule has 9 heteroatoms. The number of nitrogens with zero attached hydrogens (tertiary/aromatic N) is 1. The van der Waals surface area contributed by atoms with Crippen molar-refractivity contribution >= 4 is 11.7 Å². The Kier molecular flexibility index (Phi) is 10.6. The highest BCUT2D eigenvalue weighted by molar-refractivity contribution is 5.89. The van der Waals surface area contributed by atoms with E-state index in [1.165, 1.54) is 0 Å². The lowest BCUT2D eigenvalue weighted by atomic mass is 9.99. The average molecular weight is 598 g/mol. The highest BCUT2D eigenvalue weighted by Crippen LogP contribution is 2.38. The van der Waals surface area contributed by atoms with Crippen LogP contribution in [0.15, 0.2) is 103 Å². The summed E-state index contributed by atoms with van der Waals surface area (Å²) in [5.74, 6) is 0.111. The zero-order valence-electron chi connectivity index (χ0n) is 24.7. The number of aliphatic hydroxyl groups excluding tert-OH is 2. The molecule has 1 heterocycles. The molecule has 4 aromatic carbocycles. The third-order valence-electron chi connectivity index (χ3n) is 7.58. The molecule has 5 rings (SSSR count). The summed E-state index contributed by atoms with van der Waals surface area (Å²) in [6.07, 6.45) is -1.40. The first-order valence-corrected chi connectivity index (χ1v) is 14.7. The highest BCUT2D eigenvalue weighted by Gasteiger charge is 2.33. The molecule has 0 spiro atoms. The van der Waals surface area contributed by atoms with Gasteiger partial charge in [-0.2, -0.15) is 0 Å². The zero-order chi connectivity index (χ0) is 30.9. The van der Waals surface area contributed by atoms with Crippen LogP contribution in [-0.2, 0) is 22.6 Å². The molecule has 0 bridgehead atoms. The van der Waals surface area contributed by atoms with Crippen LogP contribution >= 0.6 is 0 Å². The fourth-order valence-corrected chi connectivity index (χ4v) is 5.30. The molecule has 4 atom stereocenters. The zero-order valence-corrected chi connectivity index (χ0v) is 24.7. The van der Waals surface area contributed by atoms with Gasteiger partial charge in [0.2, 0.25) is 0 Å². The molecule has 0 radical (unpaired) electrons. The number of phenols is 1. The second kappa shape index (κ2) is 15.0. The first kappa shape index (κ1) is 31.2. The van der Waals surface area contributed by atoms with Crippen molar-refractivity contribution in [2.45, 2.75) is 44.2 Å². The van der Waals surface area contributed by atoms with E-state index in [0.29, 0.717) is 37.3 Å². The van der Waals surface area contributed by atoms with Gasteiger partial charge in [0.15, 0.2) is 6.29 Å². The van der Waals surface area contributed by atoms with Gasteiger partial charge in [0, 0.05) is 37.3 Å². The van der Waals surface area contributed by atoms with Gasteiger partial charge in [0.25, 0.3) is 0 Å². The molecule has 1 saturated heterocycles. The Morgan fingerprint density at radius 3 is 2.43 bits per heavy atom. The summed E-state index contributed by atoms with van der Waals surface area (Å²) in [6.45, 7) is 1.25. The van der Waals surface area contributed by atoms with Gasteiger partial charge in [0.05, 0.1) is 24.9 Å². The molecular formula is C35H39N3O6. The topological polar surface area (TPSA) is 124 Å². The van der Waals surface area contributed by atoms with Gasteiger partial charge in [-0.05, 0) is 53.6 Å². The number of carbonyl (C=O) groups excluding carboxylic acids is 1. The van der Waals surface area contributed by atoms with Crippen LogP contribution in [0.5, 0.6) is 5.75 Å². The van der Waals surface area contributed by atoms with Crippen molar-refractivity contribution < 1.29 is 29.6 Å². The highest BCUT2D eigenvalue weighted by atomic mass is 16.7. The number of phenolic OH excluding ortho intramolecular Hbond substituents is 1. The van der Waals surface area contributed by atoms with Crippen LogP contribution in [0.25, 0.3) is 0 Å². The van der Waals surface area contributed by atoms with Gasteiger partial charge in [-0.1, -0.05) is 78.9 Å². The molecule has 1 fully saturated rings. The largest absolute Gasteiger partial charge is 0.508 e. The Morgan fingerprint density at radius 1 is 0.909 bits per heavy atom. The Balaban J connectivity index is 1.28. The Morgan fingerprint density at radius 2 is 1.68 bits per heavy atom. The second-order valence-electron chi connectivity index (χ2n) is 11.1. The maximum atomic E-state index is 12.6.